The fraction of sp³-hybridized carbons (Fsp3) is 0.268. The van der Waals surface area contributed by atoms with Gasteiger partial charge >= 0.3 is 18.0 Å². The first-order valence-corrected chi connectivity index (χ1v) is 19.7. The molecule has 0 saturated heterocycles. The zero-order valence-electron chi connectivity index (χ0n) is 32.2. The lowest BCUT2D eigenvalue weighted by molar-refractivity contribution is -0.140. The second-order valence-electron chi connectivity index (χ2n) is 13.6. The Balaban J connectivity index is 1.69. The van der Waals surface area contributed by atoms with Crippen LogP contribution in [0.4, 0.5) is 10.6 Å². The third-order valence-corrected chi connectivity index (χ3v) is 10.3. The first-order chi connectivity index (χ1) is 27.9. The quantitative estimate of drug-likeness (QED) is 0.0848. The number of pyridine rings is 1. The van der Waals surface area contributed by atoms with Crippen molar-refractivity contribution in [2.75, 3.05) is 4.90 Å². The normalized spacial score (nSPS) is 13.2. The van der Waals surface area contributed by atoms with Crippen LogP contribution in [0.5, 0.6) is 0 Å². The van der Waals surface area contributed by atoms with Gasteiger partial charge in [-0.3, -0.25) is 33.7 Å². The van der Waals surface area contributed by atoms with Crippen LogP contribution in [0.3, 0.4) is 0 Å². The van der Waals surface area contributed by atoms with E-state index in [4.69, 9.17) is 4.74 Å². The number of Topliss-reactive ketones (excluding diaryl/α,β-unsaturated/α-hetero) is 1. The molecule has 4 aromatic rings. The molecule has 0 spiro atoms. The van der Waals surface area contributed by atoms with Gasteiger partial charge in [0, 0.05) is 16.4 Å². The van der Waals surface area contributed by atoms with Crippen molar-refractivity contribution in [1.82, 2.24) is 20.9 Å². The van der Waals surface area contributed by atoms with Crippen molar-refractivity contribution >= 4 is 68.1 Å². The van der Waals surface area contributed by atoms with Gasteiger partial charge in [-0.05, 0) is 48.7 Å². The molecule has 4 rings (SSSR count). The molecule has 4 amide bonds. The molecule has 17 nitrogen and oxygen atoms in total. The molecule has 4 atom stereocenters. The summed E-state index contributed by atoms with van der Waals surface area (Å²) < 4.78 is 30.7. The standard InChI is InChI=1S/C41H43N5O12S/c1-5-59(56,57)32-18-12-10-16-28(32)37(51)30(21-34(47)48)44-39(53)36(24(2)3)46(33-20-19-27-15-9-11-17-29(27)43-33)40(54)25(4)42-38(52)31(22-35(49)50)45-41(55)58-23-26-13-7-6-8-14-26/h5-20,24-25,30-31,36H,1,21-23H2,2-4H3,(H,42,52)(H,44,53)(H,45,55)(H,47,48)(H,49,50)/t25-,30-,31-,36-/m0/s1. The van der Waals surface area contributed by atoms with Gasteiger partial charge in [-0.15, -0.1) is 0 Å². The Morgan fingerprint density at radius 2 is 1.37 bits per heavy atom. The number of anilines is 1. The number of carboxylic acids is 2. The number of aliphatic carboxylic acids is 2. The number of benzene rings is 3. The summed E-state index contributed by atoms with van der Waals surface area (Å²) in [5.41, 5.74) is 0.617. The largest absolute Gasteiger partial charge is 0.481 e. The van der Waals surface area contributed by atoms with Crippen LogP contribution in [0, 0.1) is 5.92 Å². The molecule has 5 N–H and O–H groups in total. The van der Waals surface area contributed by atoms with Crippen molar-refractivity contribution in [3.05, 3.63) is 114 Å². The topological polar surface area (TPSA) is 256 Å². The molecular weight excluding hydrogens is 787 g/mol. The number of fused-ring (bicyclic) bond motifs is 1. The van der Waals surface area contributed by atoms with E-state index in [1.165, 1.54) is 25.1 Å². The highest BCUT2D eigenvalue weighted by molar-refractivity contribution is 7.94. The number of rotatable bonds is 19. The predicted molar refractivity (Wildman–Crippen MR) is 214 cm³/mol. The number of nitrogens with one attached hydrogen (secondary N) is 3. The van der Waals surface area contributed by atoms with E-state index >= 15 is 0 Å². The zero-order chi connectivity index (χ0) is 43.4. The molecule has 0 fully saturated rings. The van der Waals surface area contributed by atoms with E-state index in [0.717, 1.165) is 17.0 Å². The molecule has 0 aliphatic heterocycles. The summed E-state index contributed by atoms with van der Waals surface area (Å²) >= 11 is 0. The van der Waals surface area contributed by atoms with Crippen LogP contribution < -0.4 is 20.9 Å². The third-order valence-electron chi connectivity index (χ3n) is 8.87. The van der Waals surface area contributed by atoms with E-state index in [1.54, 1.807) is 74.5 Å². The lowest BCUT2D eigenvalue weighted by atomic mass is 9.97. The van der Waals surface area contributed by atoms with E-state index in [9.17, 15) is 52.2 Å². The summed E-state index contributed by atoms with van der Waals surface area (Å²) in [6.07, 6.45) is -2.97. The Morgan fingerprint density at radius 3 is 2.02 bits per heavy atom. The number of ether oxygens (including phenoxy) is 1. The molecule has 0 radical (unpaired) electrons. The number of aromatic nitrogens is 1. The maximum Gasteiger partial charge on any atom is 0.408 e. The van der Waals surface area contributed by atoms with Gasteiger partial charge in [0.2, 0.25) is 11.8 Å². The van der Waals surface area contributed by atoms with E-state index in [-0.39, 0.29) is 12.4 Å². The Labute approximate surface area is 339 Å². The van der Waals surface area contributed by atoms with Gasteiger partial charge in [0.15, 0.2) is 15.6 Å². The number of carbonyl (C=O) groups excluding carboxylic acids is 5. The van der Waals surface area contributed by atoms with Crippen molar-refractivity contribution < 1.29 is 56.9 Å². The molecule has 3 aromatic carbocycles. The number of sulfone groups is 1. The van der Waals surface area contributed by atoms with Crippen molar-refractivity contribution in [3.8, 4) is 0 Å². The summed E-state index contributed by atoms with van der Waals surface area (Å²) in [6, 6.07) is 16.9. The van der Waals surface area contributed by atoms with Crippen LogP contribution in [-0.4, -0.2) is 89.3 Å². The Hall–Kier alpha value is -6.95. The van der Waals surface area contributed by atoms with Gasteiger partial charge < -0.3 is 30.9 Å². The molecule has 1 heterocycles. The lowest BCUT2D eigenvalue weighted by Gasteiger charge is -2.35. The first-order valence-electron chi connectivity index (χ1n) is 18.1. The third kappa shape index (κ3) is 11.8. The van der Waals surface area contributed by atoms with Crippen molar-refractivity contribution in [2.45, 2.75) is 69.3 Å². The van der Waals surface area contributed by atoms with Crippen LogP contribution >= 0.6 is 0 Å². The number of hydrogen-bond donors (Lipinski definition) is 5. The average Bonchev–Trinajstić information content (AvgIpc) is 3.20. The first kappa shape index (κ1) is 44.8. The Bertz CT molecular complexity index is 2350. The van der Waals surface area contributed by atoms with Crippen molar-refractivity contribution in [2.24, 2.45) is 5.92 Å². The van der Waals surface area contributed by atoms with Crippen LogP contribution in [0.15, 0.2) is 108 Å². The summed E-state index contributed by atoms with van der Waals surface area (Å²) in [4.78, 5) is 97.7. The van der Waals surface area contributed by atoms with Gasteiger partial charge in [-0.1, -0.05) is 81.1 Å². The Morgan fingerprint density at radius 1 is 0.763 bits per heavy atom. The highest BCUT2D eigenvalue weighted by Gasteiger charge is 2.40. The highest BCUT2D eigenvalue weighted by Crippen LogP contribution is 2.26. The summed E-state index contributed by atoms with van der Waals surface area (Å²) in [5, 5.41) is 27.6. The number of para-hydroxylation sites is 1. The minimum absolute atomic E-state index is 0.0862. The molecule has 18 heteroatoms. The van der Waals surface area contributed by atoms with Gasteiger partial charge in [-0.2, -0.15) is 0 Å². The highest BCUT2D eigenvalue weighted by atomic mass is 32.2. The molecule has 59 heavy (non-hydrogen) atoms. The minimum atomic E-state index is -4.20. The zero-order valence-corrected chi connectivity index (χ0v) is 33.0. The van der Waals surface area contributed by atoms with Crippen LogP contribution in [0.2, 0.25) is 0 Å². The minimum Gasteiger partial charge on any atom is -0.481 e. The van der Waals surface area contributed by atoms with Crippen molar-refractivity contribution in [3.63, 3.8) is 0 Å². The Kier molecular flexibility index (Phi) is 15.1. The monoisotopic (exact) mass is 829 g/mol. The van der Waals surface area contributed by atoms with Crippen LogP contribution in [0.25, 0.3) is 10.9 Å². The molecule has 0 aliphatic carbocycles. The van der Waals surface area contributed by atoms with Crippen LogP contribution in [-0.2, 0) is 45.2 Å². The second kappa shape index (κ2) is 20.0. The lowest BCUT2D eigenvalue weighted by Crippen LogP contribution is -2.60. The van der Waals surface area contributed by atoms with Gasteiger partial charge in [0.25, 0.3) is 5.91 Å². The number of carboxylic acid groups (broad SMARTS) is 2. The maximum absolute atomic E-state index is 14.5. The van der Waals surface area contributed by atoms with Crippen LogP contribution in [0.1, 0.15) is 49.5 Å². The van der Waals surface area contributed by atoms with E-state index in [2.05, 4.69) is 27.5 Å². The predicted octanol–water partition coefficient (Wildman–Crippen LogP) is 3.63. The van der Waals surface area contributed by atoms with E-state index in [0.29, 0.717) is 21.9 Å². The molecule has 310 valence electrons. The van der Waals surface area contributed by atoms with Gasteiger partial charge in [-0.25, -0.2) is 18.2 Å². The maximum atomic E-state index is 14.5. The summed E-state index contributed by atoms with van der Waals surface area (Å²) in [7, 11) is -4.20. The molecule has 1 aromatic heterocycles. The van der Waals surface area contributed by atoms with Gasteiger partial charge in [0.05, 0.1) is 23.3 Å². The summed E-state index contributed by atoms with van der Waals surface area (Å²) in [6.45, 7) is 7.46. The number of hydrogen-bond acceptors (Lipinski definition) is 11. The van der Waals surface area contributed by atoms with Crippen molar-refractivity contribution in [1.29, 1.82) is 0 Å². The molecule has 0 aliphatic rings. The number of carbonyl (C=O) groups is 7. The molecular formula is C41H43N5O12S. The smallest absolute Gasteiger partial charge is 0.408 e. The summed E-state index contributed by atoms with van der Waals surface area (Å²) in [5.74, 6) is -7.95. The number of alkyl carbamates (subject to hydrolysis) is 1. The number of nitrogens with zero attached hydrogens (tertiary/aromatic N) is 2. The fourth-order valence-corrected chi connectivity index (χ4v) is 6.94. The fourth-order valence-electron chi connectivity index (χ4n) is 6.01. The van der Waals surface area contributed by atoms with E-state index < -0.39 is 105 Å². The second-order valence-corrected chi connectivity index (χ2v) is 15.4. The SMILES string of the molecule is C=CS(=O)(=O)c1ccccc1C(=O)[C@H](CC(=O)O)NC(=O)[C@H](C(C)C)N(C(=O)[C@H](C)NC(=O)[C@H](CC(=O)O)NC(=O)OCc1ccccc1)c1ccc2ccccc2n1. The molecule has 0 bridgehead atoms. The number of amides is 4. The van der Waals surface area contributed by atoms with Gasteiger partial charge in [0.1, 0.15) is 36.6 Å². The number of ketones is 1. The van der Waals surface area contributed by atoms with E-state index in [1.807, 2.05) is 0 Å². The average molecular weight is 830 g/mol. The molecule has 0 saturated carbocycles. The molecule has 0 unspecified atom stereocenters.